The number of rotatable bonds is 2. The van der Waals surface area contributed by atoms with Crippen molar-refractivity contribution in [2.75, 3.05) is 5.32 Å². The molecule has 1 aromatic rings. The lowest BCUT2D eigenvalue weighted by atomic mass is 9.49. The van der Waals surface area contributed by atoms with Gasteiger partial charge in [0.25, 0.3) is 0 Å². The molecule has 0 spiro atoms. The van der Waals surface area contributed by atoms with Crippen LogP contribution in [0.15, 0.2) is 0 Å². The molecule has 5 aliphatic rings. The first kappa shape index (κ1) is 16.7. The lowest BCUT2D eigenvalue weighted by Crippen LogP contribution is -2.55. The zero-order valence-corrected chi connectivity index (χ0v) is 16.4. The van der Waals surface area contributed by atoms with Crippen molar-refractivity contribution in [3.8, 4) is 6.07 Å². The van der Waals surface area contributed by atoms with Crippen molar-refractivity contribution < 1.29 is 4.79 Å². The van der Waals surface area contributed by atoms with Crippen LogP contribution in [0.3, 0.4) is 0 Å². The standard InChI is InChI=1S/C20H23N3OS2/c21-10-15-14-2-1-3-16(14)26-17(15)22-19(25)23-18(24)20-7-11-4-12(8-20)6-13(5-11)9-20/h11-13H,1-9H2,(H2,22,23,24,25). The SMILES string of the molecule is N#Cc1c(NC(=S)NC(=O)C23CC4CC(CC(C4)C2)C3)sc2c1CCC2. The molecule has 2 N–H and O–H groups in total. The molecule has 4 nitrogen and oxygen atoms in total. The Morgan fingerprint density at radius 1 is 1.15 bits per heavy atom. The van der Waals surface area contributed by atoms with Gasteiger partial charge in [-0.05, 0) is 93.3 Å². The van der Waals surface area contributed by atoms with Gasteiger partial charge in [0, 0.05) is 4.88 Å². The van der Waals surface area contributed by atoms with Gasteiger partial charge in [-0.15, -0.1) is 11.3 Å². The lowest BCUT2D eigenvalue weighted by Gasteiger charge is -2.55. The molecule has 0 unspecified atom stereocenters. The van der Waals surface area contributed by atoms with Crippen molar-refractivity contribution in [3.63, 3.8) is 0 Å². The lowest BCUT2D eigenvalue weighted by molar-refractivity contribution is -0.144. The van der Waals surface area contributed by atoms with Gasteiger partial charge in [0.05, 0.1) is 11.0 Å². The number of carbonyl (C=O) groups is 1. The number of hydrogen-bond donors (Lipinski definition) is 2. The van der Waals surface area contributed by atoms with E-state index in [1.165, 1.54) is 29.7 Å². The van der Waals surface area contributed by atoms with Crippen LogP contribution in [0.5, 0.6) is 0 Å². The Kier molecular flexibility index (Phi) is 3.88. The smallest absolute Gasteiger partial charge is 0.232 e. The van der Waals surface area contributed by atoms with E-state index in [4.69, 9.17) is 12.2 Å². The molecule has 0 radical (unpaired) electrons. The third-order valence-corrected chi connectivity index (χ3v) is 8.42. The fourth-order valence-electron chi connectivity index (χ4n) is 6.37. The Hall–Kier alpha value is -1.45. The number of thiocarbonyl (C=S) groups is 1. The molecule has 1 aromatic heterocycles. The highest BCUT2D eigenvalue weighted by atomic mass is 32.1. The predicted octanol–water partition coefficient (Wildman–Crippen LogP) is 4.14. The Morgan fingerprint density at radius 3 is 2.42 bits per heavy atom. The Labute approximate surface area is 163 Å². The van der Waals surface area contributed by atoms with Crippen molar-refractivity contribution in [3.05, 3.63) is 16.0 Å². The summed E-state index contributed by atoms with van der Waals surface area (Å²) >= 11 is 7.05. The van der Waals surface area contributed by atoms with E-state index >= 15 is 0 Å². The van der Waals surface area contributed by atoms with Gasteiger partial charge in [-0.3, -0.25) is 4.79 Å². The summed E-state index contributed by atoms with van der Waals surface area (Å²) in [5.74, 6) is 2.31. The number of amides is 1. The van der Waals surface area contributed by atoms with Crippen LogP contribution < -0.4 is 10.6 Å². The van der Waals surface area contributed by atoms with Crippen molar-refractivity contribution in [1.29, 1.82) is 5.26 Å². The monoisotopic (exact) mass is 385 g/mol. The number of aryl methyl sites for hydroxylation is 1. The van der Waals surface area contributed by atoms with Crippen LogP contribution in [-0.4, -0.2) is 11.0 Å². The number of nitrogens with zero attached hydrogens (tertiary/aromatic N) is 1. The van der Waals surface area contributed by atoms with E-state index in [0.29, 0.717) is 10.7 Å². The topological polar surface area (TPSA) is 64.9 Å². The largest absolute Gasteiger partial charge is 0.323 e. The minimum atomic E-state index is -0.199. The molecule has 1 amide bonds. The zero-order valence-electron chi connectivity index (χ0n) is 14.8. The number of carbonyl (C=O) groups excluding carboxylic acids is 1. The molecule has 0 atom stereocenters. The molecule has 6 heteroatoms. The summed E-state index contributed by atoms with van der Waals surface area (Å²) in [4.78, 5) is 14.4. The highest BCUT2D eigenvalue weighted by Crippen LogP contribution is 2.60. The molecule has 26 heavy (non-hydrogen) atoms. The normalized spacial score (nSPS) is 33.6. The van der Waals surface area contributed by atoms with E-state index < -0.39 is 0 Å². The first-order chi connectivity index (χ1) is 12.6. The van der Waals surface area contributed by atoms with Crippen LogP contribution in [0, 0.1) is 34.5 Å². The molecule has 4 bridgehead atoms. The second kappa shape index (κ2) is 6.03. The fourth-order valence-corrected chi connectivity index (χ4v) is 7.87. The zero-order chi connectivity index (χ0) is 17.9. The van der Waals surface area contributed by atoms with Gasteiger partial charge >= 0.3 is 0 Å². The fraction of sp³-hybridized carbons (Fsp3) is 0.650. The maximum Gasteiger partial charge on any atom is 0.232 e. The van der Waals surface area contributed by atoms with Gasteiger partial charge in [0.2, 0.25) is 5.91 Å². The molecule has 4 saturated carbocycles. The third kappa shape index (κ3) is 2.59. The number of nitrogens with one attached hydrogen (secondary N) is 2. The van der Waals surface area contributed by atoms with Gasteiger partial charge in [0.15, 0.2) is 5.11 Å². The van der Waals surface area contributed by atoms with E-state index in [0.717, 1.165) is 61.3 Å². The van der Waals surface area contributed by atoms with E-state index in [9.17, 15) is 10.1 Å². The third-order valence-electron chi connectivity index (χ3n) is 7.01. The van der Waals surface area contributed by atoms with Crippen LogP contribution in [-0.2, 0) is 17.6 Å². The quantitative estimate of drug-likeness (QED) is 0.751. The predicted molar refractivity (Wildman–Crippen MR) is 106 cm³/mol. The Bertz CT molecular complexity index is 800. The van der Waals surface area contributed by atoms with Crippen LogP contribution >= 0.6 is 23.6 Å². The molecule has 0 saturated heterocycles. The summed E-state index contributed by atoms with van der Waals surface area (Å²) in [5.41, 5.74) is 1.69. The second-order valence-corrected chi connectivity index (χ2v) is 10.3. The number of hydrogen-bond acceptors (Lipinski definition) is 4. The minimum Gasteiger partial charge on any atom is -0.323 e. The minimum absolute atomic E-state index is 0.108. The number of anilines is 1. The van der Waals surface area contributed by atoms with E-state index in [-0.39, 0.29) is 11.3 Å². The summed E-state index contributed by atoms with van der Waals surface area (Å²) in [7, 11) is 0. The molecule has 1 heterocycles. The molecule has 5 aliphatic carbocycles. The first-order valence-corrected chi connectivity index (χ1v) is 11.0. The molecule has 6 rings (SSSR count). The van der Waals surface area contributed by atoms with Gasteiger partial charge in [0.1, 0.15) is 11.1 Å². The number of fused-ring (bicyclic) bond motifs is 1. The van der Waals surface area contributed by atoms with Gasteiger partial charge in [-0.1, -0.05) is 0 Å². The summed E-state index contributed by atoms with van der Waals surface area (Å²) in [6, 6.07) is 2.32. The van der Waals surface area contributed by atoms with Crippen LogP contribution in [0.25, 0.3) is 0 Å². The molecular formula is C20H23N3OS2. The number of nitriles is 1. The van der Waals surface area contributed by atoms with Gasteiger partial charge in [-0.2, -0.15) is 5.26 Å². The maximum absolute atomic E-state index is 13.1. The highest BCUT2D eigenvalue weighted by molar-refractivity contribution is 7.80. The van der Waals surface area contributed by atoms with E-state index in [2.05, 4.69) is 16.7 Å². The Balaban J connectivity index is 1.29. The van der Waals surface area contributed by atoms with Crippen LogP contribution in [0.2, 0.25) is 0 Å². The molecular weight excluding hydrogens is 362 g/mol. The summed E-state index contributed by atoms with van der Waals surface area (Å²) < 4.78 is 0. The molecule has 4 fully saturated rings. The van der Waals surface area contributed by atoms with Crippen molar-refractivity contribution >= 4 is 39.6 Å². The summed E-state index contributed by atoms with van der Waals surface area (Å²) in [6.45, 7) is 0. The van der Waals surface area contributed by atoms with Crippen LogP contribution in [0.1, 0.15) is 60.9 Å². The Morgan fingerprint density at radius 2 is 1.81 bits per heavy atom. The molecule has 136 valence electrons. The first-order valence-electron chi connectivity index (χ1n) is 9.73. The van der Waals surface area contributed by atoms with Crippen molar-refractivity contribution in [1.82, 2.24) is 5.32 Å². The van der Waals surface area contributed by atoms with Crippen molar-refractivity contribution in [2.24, 2.45) is 23.2 Å². The van der Waals surface area contributed by atoms with Gasteiger partial charge in [-0.25, -0.2) is 0 Å². The van der Waals surface area contributed by atoms with E-state index in [1.807, 2.05) is 0 Å². The molecule has 0 aromatic carbocycles. The van der Waals surface area contributed by atoms with Crippen molar-refractivity contribution in [2.45, 2.75) is 57.8 Å². The number of thiophene rings is 1. The molecule has 0 aliphatic heterocycles. The van der Waals surface area contributed by atoms with Gasteiger partial charge < -0.3 is 10.6 Å². The average molecular weight is 386 g/mol. The maximum atomic E-state index is 13.1. The summed E-state index contributed by atoms with van der Waals surface area (Å²) in [6.07, 6.45) is 10.2. The highest BCUT2D eigenvalue weighted by Gasteiger charge is 2.54. The van der Waals surface area contributed by atoms with Crippen LogP contribution in [0.4, 0.5) is 5.00 Å². The average Bonchev–Trinajstić information content (AvgIpc) is 3.13. The summed E-state index contributed by atoms with van der Waals surface area (Å²) in [5, 5.41) is 16.8. The van der Waals surface area contributed by atoms with E-state index in [1.54, 1.807) is 11.3 Å². The second-order valence-electron chi connectivity index (χ2n) is 8.78.